The number of alkyl halides is 3. The van der Waals surface area contributed by atoms with Gasteiger partial charge in [-0.15, -0.1) is 0 Å². The summed E-state index contributed by atoms with van der Waals surface area (Å²) < 4.78 is 37.7. The van der Waals surface area contributed by atoms with Gasteiger partial charge >= 0.3 is 12.1 Å². The zero-order chi connectivity index (χ0) is 15.7. The molecule has 6 nitrogen and oxygen atoms in total. The SMILES string of the molecule is CN/C(=C\C(=N)[C@H]1CN(C)C(=O)[C@@H]1C(=O)O)C(F)(F)F. The van der Waals surface area contributed by atoms with Gasteiger partial charge in [-0.1, -0.05) is 0 Å². The van der Waals surface area contributed by atoms with E-state index in [4.69, 9.17) is 10.5 Å². The van der Waals surface area contributed by atoms with Gasteiger partial charge in [0.1, 0.15) is 11.6 Å². The van der Waals surface area contributed by atoms with Gasteiger partial charge in [0.25, 0.3) is 0 Å². The van der Waals surface area contributed by atoms with Crippen LogP contribution >= 0.6 is 0 Å². The van der Waals surface area contributed by atoms with Crippen molar-refractivity contribution in [1.82, 2.24) is 10.2 Å². The Bertz CT molecular complexity index is 473. The molecule has 1 heterocycles. The van der Waals surface area contributed by atoms with E-state index in [2.05, 4.69) is 0 Å². The maximum atomic E-state index is 12.6. The van der Waals surface area contributed by atoms with E-state index in [1.165, 1.54) is 7.05 Å². The number of aliphatic carboxylic acids is 1. The minimum absolute atomic E-state index is 0.0972. The summed E-state index contributed by atoms with van der Waals surface area (Å²) in [5.41, 5.74) is -1.70. The Morgan fingerprint density at radius 3 is 2.50 bits per heavy atom. The summed E-state index contributed by atoms with van der Waals surface area (Å²) in [6.07, 6.45) is -4.15. The number of allylic oxidation sites excluding steroid dienone is 2. The number of carboxylic acid groups (broad SMARTS) is 1. The Morgan fingerprint density at radius 1 is 1.55 bits per heavy atom. The highest BCUT2D eigenvalue weighted by Gasteiger charge is 2.46. The highest BCUT2D eigenvalue weighted by molar-refractivity contribution is 6.07. The van der Waals surface area contributed by atoms with E-state index in [0.29, 0.717) is 6.08 Å². The van der Waals surface area contributed by atoms with Gasteiger partial charge in [-0.25, -0.2) is 0 Å². The lowest BCUT2D eigenvalue weighted by molar-refractivity contribution is -0.147. The number of hydrogen-bond acceptors (Lipinski definition) is 4. The van der Waals surface area contributed by atoms with Crippen LogP contribution in [0.5, 0.6) is 0 Å². The van der Waals surface area contributed by atoms with Crippen LogP contribution < -0.4 is 5.32 Å². The van der Waals surface area contributed by atoms with E-state index < -0.39 is 41.3 Å². The summed E-state index contributed by atoms with van der Waals surface area (Å²) in [4.78, 5) is 23.7. The van der Waals surface area contributed by atoms with Crippen LogP contribution in [0.4, 0.5) is 13.2 Å². The van der Waals surface area contributed by atoms with Crippen LogP contribution in [-0.4, -0.2) is 54.4 Å². The molecule has 20 heavy (non-hydrogen) atoms. The first-order valence-corrected chi connectivity index (χ1v) is 5.62. The van der Waals surface area contributed by atoms with Gasteiger partial charge in [0.2, 0.25) is 5.91 Å². The maximum absolute atomic E-state index is 12.6. The Labute approximate surface area is 112 Å². The predicted molar refractivity (Wildman–Crippen MR) is 63.2 cm³/mol. The molecule has 0 aromatic rings. The number of carbonyl (C=O) groups excluding carboxylic acids is 1. The number of hydrogen-bond donors (Lipinski definition) is 3. The highest BCUT2D eigenvalue weighted by atomic mass is 19.4. The summed E-state index contributed by atoms with van der Waals surface area (Å²) in [6.45, 7) is -0.0972. The Hall–Kier alpha value is -2.06. The molecule has 0 aromatic heterocycles. The number of carbonyl (C=O) groups is 2. The molecule has 1 rings (SSSR count). The van der Waals surface area contributed by atoms with Crippen LogP contribution in [0, 0.1) is 17.2 Å². The smallest absolute Gasteiger partial charge is 0.430 e. The zero-order valence-electron chi connectivity index (χ0n) is 10.8. The Balaban J connectivity index is 3.05. The van der Waals surface area contributed by atoms with Gasteiger partial charge < -0.3 is 20.7 Å². The molecule has 0 bridgehead atoms. The predicted octanol–water partition coefficient (Wildman–Crippen LogP) is 0.461. The standard InChI is InChI=1S/C11H14F3N3O3/c1-16-7(11(12,13)14)3-6(15)5-4-17(2)9(18)8(5)10(19)20/h3,5,8,15-16H,4H2,1-2H3,(H,19,20)/b7-3-,15-6?/t5-,8-/m1/s1. The molecule has 2 atom stereocenters. The first-order valence-electron chi connectivity index (χ1n) is 5.62. The van der Waals surface area contributed by atoms with Gasteiger partial charge in [0, 0.05) is 32.3 Å². The number of halogens is 3. The van der Waals surface area contributed by atoms with E-state index in [9.17, 15) is 22.8 Å². The van der Waals surface area contributed by atoms with Crippen molar-refractivity contribution < 1.29 is 27.9 Å². The second-order valence-corrected chi connectivity index (χ2v) is 4.40. The second-order valence-electron chi connectivity index (χ2n) is 4.40. The number of amides is 1. The van der Waals surface area contributed by atoms with Crippen LogP contribution in [-0.2, 0) is 9.59 Å². The third-order valence-electron chi connectivity index (χ3n) is 3.06. The third-order valence-corrected chi connectivity index (χ3v) is 3.06. The van der Waals surface area contributed by atoms with Crippen LogP contribution in [0.2, 0.25) is 0 Å². The molecule has 0 radical (unpaired) electrons. The molecular formula is C11H14F3N3O3. The minimum Gasteiger partial charge on any atom is -0.481 e. The van der Waals surface area contributed by atoms with Crippen LogP contribution in [0.1, 0.15) is 0 Å². The van der Waals surface area contributed by atoms with E-state index in [1.54, 1.807) is 0 Å². The Morgan fingerprint density at radius 2 is 2.10 bits per heavy atom. The van der Waals surface area contributed by atoms with Gasteiger partial charge in [-0.2, -0.15) is 13.2 Å². The average molecular weight is 293 g/mol. The maximum Gasteiger partial charge on any atom is 0.430 e. The largest absolute Gasteiger partial charge is 0.481 e. The molecule has 0 aliphatic carbocycles. The summed E-state index contributed by atoms with van der Waals surface area (Å²) in [6, 6.07) is 0. The number of nitrogens with one attached hydrogen (secondary N) is 2. The fourth-order valence-electron chi connectivity index (χ4n) is 2.01. The lowest BCUT2D eigenvalue weighted by atomic mass is 9.90. The van der Waals surface area contributed by atoms with Crippen LogP contribution in [0.3, 0.4) is 0 Å². The summed E-state index contributed by atoms with van der Waals surface area (Å²) >= 11 is 0. The van der Waals surface area contributed by atoms with Crippen molar-refractivity contribution in [3.05, 3.63) is 11.8 Å². The van der Waals surface area contributed by atoms with Crippen molar-refractivity contribution in [1.29, 1.82) is 5.41 Å². The normalized spacial score (nSPS) is 23.9. The minimum atomic E-state index is -4.67. The van der Waals surface area contributed by atoms with Crippen molar-refractivity contribution in [3.8, 4) is 0 Å². The molecular weight excluding hydrogens is 279 g/mol. The molecule has 1 saturated heterocycles. The summed E-state index contributed by atoms with van der Waals surface area (Å²) in [5.74, 6) is -4.77. The van der Waals surface area contributed by atoms with Gasteiger partial charge in [0.05, 0.1) is 0 Å². The van der Waals surface area contributed by atoms with Crippen molar-refractivity contribution in [2.24, 2.45) is 11.8 Å². The molecule has 0 spiro atoms. The van der Waals surface area contributed by atoms with Crippen molar-refractivity contribution >= 4 is 17.6 Å². The van der Waals surface area contributed by atoms with Gasteiger partial charge in [-0.3, -0.25) is 9.59 Å². The lowest BCUT2D eigenvalue weighted by Crippen LogP contribution is -2.32. The van der Waals surface area contributed by atoms with E-state index in [1.807, 2.05) is 5.32 Å². The lowest BCUT2D eigenvalue weighted by Gasteiger charge is -2.15. The molecule has 9 heteroatoms. The topological polar surface area (TPSA) is 93.5 Å². The highest BCUT2D eigenvalue weighted by Crippen LogP contribution is 2.28. The monoisotopic (exact) mass is 293 g/mol. The van der Waals surface area contributed by atoms with E-state index in [-0.39, 0.29) is 6.54 Å². The van der Waals surface area contributed by atoms with Crippen LogP contribution in [0.25, 0.3) is 0 Å². The van der Waals surface area contributed by atoms with Crippen molar-refractivity contribution in [3.63, 3.8) is 0 Å². The number of rotatable bonds is 4. The molecule has 1 amide bonds. The van der Waals surface area contributed by atoms with Crippen molar-refractivity contribution in [2.45, 2.75) is 6.18 Å². The fourth-order valence-corrected chi connectivity index (χ4v) is 2.01. The first kappa shape index (κ1) is 16.0. The first-order chi connectivity index (χ1) is 9.09. The van der Waals surface area contributed by atoms with E-state index in [0.717, 1.165) is 11.9 Å². The third kappa shape index (κ3) is 3.09. The van der Waals surface area contributed by atoms with Gasteiger partial charge in [-0.05, 0) is 6.08 Å². The molecule has 0 saturated carbocycles. The van der Waals surface area contributed by atoms with Crippen molar-refractivity contribution in [2.75, 3.05) is 20.6 Å². The molecule has 3 N–H and O–H groups in total. The molecule has 0 aromatic carbocycles. The number of carboxylic acids is 1. The molecule has 1 fully saturated rings. The second kappa shape index (κ2) is 5.51. The molecule has 1 aliphatic rings. The average Bonchev–Trinajstić information content (AvgIpc) is 2.61. The van der Waals surface area contributed by atoms with E-state index >= 15 is 0 Å². The number of likely N-dealkylation sites (tertiary alicyclic amines) is 1. The molecule has 0 unspecified atom stereocenters. The van der Waals surface area contributed by atoms with Crippen LogP contribution in [0.15, 0.2) is 11.8 Å². The summed E-state index contributed by atoms with van der Waals surface area (Å²) in [5, 5.41) is 18.5. The number of nitrogens with zero attached hydrogens (tertiary/aromatic N) is 1. The quantitative estimate of drug-likeness (QED) is 0.518. The zero-order valence-corrected chi connectivity index (χ0v) is 10.8. The fraction of sp³-hybridized carbons (Fsp3) is 0.545. The molecule has 1 aliphatic heterocycles. The summed E-state index contributed by atoms with van der Waals surface area (Å²) in [7, 11) is 2.39. The van der Waals surface area contributed by atoms with Gasteiger partial charge in [0.15, 0.2) is 0 Å². The molecule has 112 valence electrons. The Kier molecular flexibility index (Phi) is 4.41.